The van der Waals surface area contributed by atoms with Gasteiger partial charge in [0, 0.05) is 18.5 Å². The molecule has 0 heterocycles. The van der Waals surface area contributed by atoms with Crippen molar-refractivity contribution in [3.8, 4) is 0 Å². The van der Waals surface area contributed by atoms with Crippen LogP contribution in [0.1, 0.15) is 38.7 Å². The van der Waals surface area contributed by atoms with Gasteiger partial charge in [0.15, 0.2) is 0 Å². The fraction of sp³-hybridized carbons (Fsp3) is 0.562. The molecule has 3 atom stereocenters. The Morgan fingerprint density at radius 2 is 1.95 bits per heavy atom. The highest BCUT2D eigenvalue weighted by Crippen LogP contribution is 2.48. The Bertz CT molecular complexity index is 470. The van der Waals surface area contributed by atoms with E-state index in [0.717, 1.165) is 12.0 Å². The van der Waals surface area contributed by atoms with E-state index in [1.807, 2.05) is 13.8 Å². The van der Waals surface area contributed by atoms with E-state index < -0.39 is 6.10 Å². The second-order valence-electron chi connectivity index (χ2n) is 5.93. The number of rotatable bonds is 5. The first-order chi connectivity index (χ1) is 9.40. The number of amides is 1. The van der Waals surface area contributed by atoms with Gasteiger partial charge in [-0.2, -0.15) is 0 Å². The van der Waals surface area contributed by atoms with E-state index in [1.54, 1.807) is 24.0 Å². The maximum Gasteiger partial charge on any atom is 0.226 e. The van der Waals surface area contributed by atoms with Gasteiger partial charge < -0.3 is 10.0 Å². The molecule has 1 saturated carbocycles. The predicted molar refractivity (Wildman–Crippen MR) is 75.8 cm³/mol. The van der Waals surface area contributed by atoms with Crippen LogP contribution in [0, 0.1) is 11.7 Å². The summed E-state index contributed by atoms with van der Waals surface area (Å²) in [6.45, 7) is 5.96. The fourth-order valence-electron chi connectivity index (χ4n) is 2.60. The lowest BCUT2D eigenvalue weighted by Crippen LogP contribution is -2.42. The number of halogens is 1. The van der Waals surface area contributed by atoms with Crippen LogP contribution in [0.25, 0.3) is 0 Å². The summed E-state index contributed by atoms with van der Waals surface area (Å²) in [5.74, 6) is 0.00498. The van der Waals surface area contributed by atoms with E-state index in [9.17, 15) is 14.3 Å². The standard InChI is InChI=1S/C16H22FNO2/c1-10(2)18(9-11(3)19)16(20)15-8-14(15)12-4-6-13(17)7-5-12/h4-7,10-11,14-15,19H,8-9H2,1-3H3. The van der Waals surface area contributed by atoms with Crippen molar-refractivity contribution in [1.82, 2.24) is 4.90 Å². The highest BCUT2D eigenvalue weighted by molar-refractivity contribution is 5.83. The average Bonchev–Trinajstić information content (AvgIpc) is 3.16. The van der Waals surface area contributed by atoms with Gasteiger partial charge in [0.25, 0.3) is 0 Å². The zero-order valence-corrected chi connectivity index (χ0v) is 12.2. The highest BCUT2D eigenvalue weighted by Gasteiger charge is 2.46. The third-order valence-corrected chi connectivity index (χ3v) is 3.77. The molecule has 1 aromatic carbocycles. The largest absolute Gasteiger partial charge is 0.392 e. The van der Waals surface area contributed by atoms with Crippen LogP contribution in [-0.4, -0.2) is 34.6 Å². The third-order valence-electron chi connectivity index (χ3n) is 3.77. The van der Waals surface area contributed by atoms with Gasteiger partial charge in [0.05, 0.1) is 6.10 Å². The summed E-state index contributed by atoms with van der Waals surface area (Å²) in [5, 5.41) is 9.50. The van der Waals surface area contributed by atoms with Gasteiger partial charge in [-0.3, -0.25) is 4.79 Å². The third kappa shape index (κ3) is 3.37. The van der Waals surface area contributed by atoms with Crippen LogP contribution in [0.5, 0.6) is 0 Å². The van der Waals surface area contributed by atoms with Crippen molar-refractivity contribution in [2.75, 3.05) is 6.54 Å². The number of hydrogen-bond donors (Lipinski definition) is 1. The molecule has 3 nitrogen and oxygen atoms in total. The molecule has 3 unspecified atom stereocenters. The van der Waals surface area contributed by atoms with Gasteiger partial charge in [-0.05, 0) is 50.8 Å². The van der Waals surface area contributed by atoms with Crippen LogP contribution in [-0.2, 0) is 4.79 Å². The molecule has 1 aliphatic rings. The molecular formula is C16H22FNO2. The van der Waals surface area contributed by atoms with Gasteiger partial charge in [-0.15, -0.1) is 0 Å². The van der Waals surface area contributed by atoms with Crippen molar-refractivity contribution in [3.63, 3.8) is 0 Å². The summed E-state index contributed by atoms with van der Waals surface area (Å²) in [4.78, 5) is 14.2. The minimum Gasteiger partial charge on any atom is -0.392 e. The minimum atomic E-state index is -0.524. The topological polar surface area (TPSA) is 40.5 Å². The molecule has 1 aliphatic carbocycles. The molecule has 110 valence electrons. The van der Waals surface area contributed by atoms with Crippen LogP contribution in [0.2, 0.25) is 0 Å². The van der Waals surface area contributed by atoms with Crippen molar-refractivity contribution in [3.05, 3.63) is 35.6 Å². The Morgan fingerprint density at radius 1 is 1.35 bits per heavy atom. The van der Waals surface area contributed by atoms with E-state index in [0.29, 0.717) is 6.54 Å². The lowest BCUT2D eigenvalue weighted by Gasteiger charge is -2.28. The van der Waals surface area contributed by atoms with Gasteiger partial charge in [-0.1, -0.05) is 12.1 Å². The Hall–Kier alpha value is -1.42. The second-order valence-corrected chi connectivity index (χ2v) is 5.93. The van der Waals surface area contributed by atoms with Crippen molar-refractivity contribution < 1.29 is 14.3 Å². The summed E-state index contributed by atoms with van der Waals surface area (Å²) in [5.41, 5.74) is 1.02. The molecule has 20 heavy (non-hydrogen) atoms. The zero-order valence-electron chi connectivity index (χ0n) is 12.2. The highest BCUT2D eigenvalue weighted by atomic mass is 19.1. The van der Waals surface area contributed by atoms with Crippen LogP contribution in [0.3, 0.4) is 0 Å². The number of aliphatic hydroxyl groups excluding tert-OH is 1. The molecule has 0 saturated heterocycles. The van der Waals surface area contributed by atoms with Crippen LogP contribution in [0.15, 0.2) is 24.3 Å². The van der Waals surface area contributed by atoms with Crippen molar-refractivity contribution >= 4 is 5.91 Å². The molecule has 2 rings (SSSR count). The molecule has 1 amide bonds. The molecule has 0 aromatic heterocycles. The Labute approximate surface area is 119 Å². The summed E-state index contributed by atoms with van der Waals surface area (Å²) in [7, 11) is 0. The smallest absolute Gasteiger partial charge is 0.226 e. The molecule has 1 aromatic rings. The van der Waals surface area contributed by atoms with E-state index in [-0.39, 0.29) is 29.6 Å². The minimum absolute atomic E-state index is 0.0263. The first-order valence-corrected chi connectivity index (χ1v) is 7.14. The number of carbonyl (C=O) groups excluding carboxylic acids is 1. The van der Waals surface area contributed by atoms with Gasteiger partial charge in [0.1, 0.15) is 5.82 Å². The fourth-order valence-corrected chi connectivity index (χ4v) is 2.60. The number of nitrogens with zero attached hydrogens (tertiary/aromatic N) is 1. The normalized spacial score (nSPS) is 22.7. The monoisotopic (exact) mass is 279 g/mol. The second kappa shape index (κ2) is 5.92. The molecule has 0 spiro atoms. The van der Waals surface area contributed by atoms with Gasteiger partial charge in [0.2, 0.25) is 5.91 Å². The van der Waals surface area contributed by atoms with Gasteiger partial charge in [-0.25, -0.2) is 4.39 Å². The maximum absolute atomic E-state index is 12.9. The van der Waals surface area contributed by atoms with Crippen molar-refractivity contribution in [2.24, 2.45) is 5.92 Å². The van der Waals surface area contributed by atoms with Crippen molar-refractivity contribution in [2.45, 2.75) is 45.3 Å². The SMILES string of the molecule is CC(O)CN(C(=O)C1CC1c1ccc(F)cc1)C(C)C. The molecule has 0 radical (unpaired) electrons. The summed E-state index contributed by atoms with van der Waals surface area (Å²) < 4.78 is 12.9. The molecule has 1 fully saturated rings. The summed E-state index contributed by atoms with van der Waals surface area (Å²) in [6, 6.07) is 6.45. The quantitative estimate of drug-likeness (QED) is 0.900. The summed E-state index contributed by atoms with van der Waals surface area (Å²) in [6.07, 6.45) is 0.289. The summed E-state index contributed by atoms with van der Waals surface area (Å²) >= 11 is 0. The molecular weight excluding hydrogens is 257 g/mol. The molecule has 4 heteroatoms. The van der Waals surface area contributed by atoms with E-state index in [2.05, 4.69) is 0 Å². The molecule has 0 aliphatic heterocycles. The van der Waals surface area contributed by atoms with E-state index in [4.69, 9.17) is 0 Å². The number of carbonyl (C=O) groups is 1. The van der Waals surface area contributed by atoms with E-state index in [1.165, 1.54) is 12.1 Å². The Balaban J connectivity index is 2.02. The number of benzene rings is 1. The Kier molecular flexibility index (Phi) is 4.43. The van der Waals surface area contributed by atoms with E-state index >= 15 is 0 Å². The predicted octanol–water partition coefficient (Wildman–Crippen LogP) is 2.55. The number of aliphatic hydroxyl groups is 1. The van der Waals surface area contributed by atoms with Gasteiger partial charge >= 0.3 is 0 Å². The lowest BCUT2D eigenvalue weighted by molar-refractivity contribution is -0.135. The molecule has 0 bridgehead atoms. The van der Waals surface area contributed by atoms with Crippen molar-refractivity contribution in [1.29, 1.82) is 0 Å². The lowest BCUT2D eigenvalue weighted by atomic mass is 10.1. The van der Waals surface area contributed by atoms with Crippen LogP contribution >= 0.6 is 0 Å². The maximum atomic E-state index is 12.9. The Morgan fingerprint density at radius 3 is 2.45 bits per heavy atom. The number of hydrogen-bond acceptors (Lipinski definition) is 2. The molecule has 1 N–H and O–H groups in total. The zero-order chi connectivity index (χ0) is 14.9. The van der Waals surface area contributed by atoms with Crippen LogP contribution in [0.4, 0.5) is 4.39 Å². The van der Waals surface area contributed by atoms with Crippen LogP contribution < -0.4 is 0 Å². The first kappa shape index (κ1) is 15.0. The average molecular weight is 279 g/mol. The first-order valence-electron chi connectivity index (χ1n) is 7.14.